The van der Waals surface area contributed by atoms with Gasteiger partial charge in [0.05, 0.1) is 17.3 Å². The molecule has 1 saturated heterocycles. The predicted octanol–water partition coefficient (Wildman–Crippen LogP) is 6.86. The molecule has 178 valence electrons. The molecule has 2 N–H and O–H groups in total. The number of anilines is 1. The second-order valence-corrected chi connectivity index (χ2v) is 15.7. The summed E-state index contributed by atoms with van der Waals surface area (Å²) in [5.74, 6) is 0.472. The van der Waals surface area contributed by atoms with Gasteiger partial charge in [-0.1, -0.05) is 32.4 Å². The molecule has 1 unspecified atom stereocenters. The van der Waals surface area contributed by atoms with Crippen molar-refractivity contribution < 1.29 is 9.16 Å². The summed E-state index contributed by atoms with van der Waals surface area (Å²) in [6, 6.07) is 5.97. The molecule has 0 saturated carbocycles. The van der Waals surface area contributed by atoms with E-state index in [0.29, 0.717) is 17.4 Å². The van der Waals surface area contributed by atoms with E-state index in [1.165, 1.54) is 0 Å². The fraction of sp³-hybridized carbons (Fsp3) is 0.520. The molecule has 1 aliphatic rings. The summed E-state index contributed by atoms with van der Waals surface area (Å²) >= 11 is 6.68. The first kappa shape index (κ1) is 24.2. The first-order chi connectivity index (χ1) is 15.5. The first-order valence-corrected chi connectivity index (χ1v) is 15.0. The lowest BCUT2D eigenvalue weighted by molar-refractivity contribution is -0.0409. The molecule has 2 aromatic heterocycles. The molecule has 0 aliphatic carbocycles. The van der Waals surface area contributed by atoms with E-state index in [2.05, 4.69) is 51.8 Å². The van der Waals surface area contributed by atoms with E-state index in [0.717, 1.165) is 59.2 Å². The van der Waals surface area contributed by atoms with Crippen molar-refractivity contribution in [2.75, 3.05) is 12.3 Å². The normalized spacial score (nSPS) is 17.6. The van der Waals surface area contributed by atoms with E-state index >= 15 is 0 Å². The highest BCUT2D eigenvalue weighted by Crippen LogP contribution is 2.40. The number of ether oxygens (including phenoxy) is 1. The fourth-order valence-electron chi connectivity index (χ4n) is 4.09. The second-order valence-electron chi connectivity index (χ2n) is 10.5. The third-order valence-electron chi connectivity index (χ3n) is 7.12. The molecule has 4 rings (SSSR count). The van der Waals surface area contributed by atoms with Crippen molar-refractivity contribution in [3.63, 3.8) is 0 Å². The van der Waals surface area contributed by atoms with Gasteiger partial charge in [-0.05, 0) is 73.5 Å². The maximum absolute atomic E-state index is 6.68. The second kappa shape index (κ2) is 9.02. The summed E-state index contributed by atoms with van der Waals surface area (Å²) in [7, 11) is -1.95. The van der Waals surface area contributed by atoms with Crippen molar-refractivity contribution in [3.8, 4) is 11.1 Å². The van der Waals surface area contributed by atoms with Crippen LogP contribution in [0.15, 0.2) is 24.4 Å². The Labute approximate surface area is 202 Å². The van der Waals surface area contributed by atoms with Gasteiger partial charge in [-0.3, -0.25) is 0 Å². The van der Waals surface area contributed by atoms with Gasteiger partial charge >= 0.3 is 0 Å². The highest BCUT2D eigenvalue weighted by Gasteiger charge is 2.37. The summed E-state index contributed by atoms with van der Waals surface area (Å²) in [4.78, 5) is 4.20. The van der Waals surface area contributed by atoms with Gasteiger partial charge in [0.2, 0.25) is 0 Å². The van der Waals surface area contributed by atoms with Crippen LogP contribution in [0.25, 0.3) is 21.9 Å². The van der Waals surface area contributed by atoms with Crippen LogP contribution in [0.3, 0.4) is 0 Å². The molecule has 0 radical (unpaired) electrons. The van der Waals surface area contributed by atoms with Crippen LogP contribution in [0.4, 0.5) is 5.82 Å². The standard InChI is InChI=1S/C25H35ClN4O2Si/c1-16-24(18-11-17-13-22(27)28-14-19(17)20(26)12-18)21(15-32-33(5,6)25(2,3)4)29-30(16)23-9-7-8-10-31-23/h11-14,23H,7-10,15H2,1-6H3,(H2,27,28). The maximum atomic E-state index is 6.68. The third-order valence-corrected chi connectivity index (χ3v) is 11.9. The van der Waals surface area contributed by atoms with Crippen LogP contribution in [-0.2, 0) is 15.8 Å². The van der Waals surface area contributed by atoms with Crippen LogP contribution in [0.5, 0.6) is 0 Å². The Bertz CT molecular complexity index is 1160. The van der Waals surface area contributed by atoms with E-state index in [1.807, 2.05) is 16.8 Å². The topological polar surface area (TPSA) is 75.2 Å². The number of benzene rings is 1. The molecule has 8 heteroatoms. The van der Waals surface area contributed by atoms with Crippen LogP contribution < -0.4 is 5.73 Å². The summed E-state index contributed by atoms with van der Waals surface area (Å²) in [6.45, 7) is 14.6. The van der Waals surface area contributed by atoms with Crippen LogP contribution >= 0.6 is 11.6 Å². The minimum Gasteiger partial charge on any atom is -0.411 e. The monoisotopic (exact) mass is 486 g/mol. The molecule has 1 atom stereocenters. The number of rotatable bonds is 5. The van der Waals surface area contributed by atoms with Crippen molar-refractivity contribution in [2.24, 2.45) is 0 Å². The molecule has 1 fully saturated rings. The minimum absolute atomic E-state index is 0.0464. The van der Waals surface area contributed by atoms with E-state index in [-0.39, 0.29) is 11.3 Å². The number of fused-ring (bicyclic) bond motifs is 1. The molecule has 0 bridgehead atoms. The molecule has 6 nitrogen and oxygen atoms in total. The largest absolute Gasteiger partial charge is 0.411 e. The van der Waals surface area contributed by atoms with E-state index in [9.17, 15) is 0 Å². The van der Waals surface area contributed by atoms with Crippen LogP contribution in [0.1, 0.15) is 57.6 Å². The SMILES string of the molecule is Cc1c(-c2cc(Cl)c3cnc(N)cc3c2)c(CO[Si](C)(C)C(C)(C)C)nn1C1CCCCO1. The zero-order valence-electron chi connectivity index (χ0n) is 20.5. The summed E-state index contributed by atoms with van der Waals surface area (Å²) < 4.78 is 14.7. The van der Waals surface area contributed by atoms with Crippen molar-refractivity contribution in [1.29, 1.82) is 0 Å². The van der Waals surface area contributed by atoms with Crippen molar-refractivity contribution in [3.05, 3.63) is 40.8 Å². The summed E-state index contributed by atoms with van der Waals surface area (Å²) in [6.07, 6.45) is 4.88. The molecule has 1 aliphatic heterocycles. The number of hydrogen-bond acceptors (Lipinski definition) is 5. The van der Waals surface area contributed by atoms with Gasteiger partial charge < -0.3 is 14.9 Å². The predicted molar refractivity (Wildman–Crippen MR) is 138 cm³/mol. The lowest BCUT2D eigenvalue weighted by Crippen LogP contribution is -2.40. The van der Waals surface area contributed by atoms with Crippen molar-refractivity contribution in [2.45, 2.75) is 77.9 Å². The van der Waals surface area contributed by atoms with E-state index < -0.39 is 8.32 Å². The Morgan fingerprint density at radius 2 is 2.00 bits per heavy atom. The Kier molecular flexibility index (Phi) is 6.62. The number of halogens is 1. The van der Waals surface area contributed by atoms with Crippen molar-refractivity contribution >= 4 is 36.5 Å². The molecule has 33 heavy (non-hydrogen) atoms. The Morgan fingerprint density at radius 3 is 2.67 bits per heavy atom. The van der Waals surface area contributed by atoms with Gasteiger partial charge in [-0.25, -0.2) is 9.67 Å². The first-order valence-electron chi connectivity index (χ1n) is 11.7. The quantitative estimate of drug-likeness (QED) is 0.398. The highest BCUT2D eigenvalue weighted by molar-refractivity contribution is 6.74. The van der Waals surface area contributed by atoms with Crippen LogP contribution in [0.2, 0.25) is 23.2 Å². The lowest BCUT2D eigenvalue weighted by Gasteiger charge is -2.36. The number of hydrogen-bond donors (Lipinski definition) is 1. The number of nitrogen functional groups attached to an aromatic ring is 1. The Hall–Kier alpha value is -1.93. The molecule has 3 heterocycles. The lowest BCUT2D eigenvalue weighted by atomic mass is 10.00. The summed E-state index contributed by atoms with van der Waals surface area (Å²) in [5, 5.41) is 7.64. The Balaban J connectivity index is 1.82. The number of nitrogens with two attached hydrogens (primary N) is 1. The van der Waals surface area contributed by atoms with Crippen LogP contribution in [-0.4, -0.2) is 29.7 Å². The van der Waals surface area contributed by atoms with Gasteiger partial charge in [0, 0.05) is 29.4 Å². The number of nitrogens with zero attached hydrogens (tertiary/aromatic N) is 3. The third kappa shape index (κ3) is 4.82. The number of aromatic nitrogens is 3. The van der Waals surface area contributed by atoms with E-state index in [4.69, 9.17) is 31.6 Å². The molecule has 0 amide bonds. The zero-order chi connectivity index (χ0) is 24.0. The van der Waals surface area contributed by atoms with Crippen molar-refractivity contribution in [1.82, 2.24) is 14.8 Å². The average molecular weight is 487 g/mol. The smallest absolute Gasteiger partial charge is 0.192 e. The zero-order valence-corrected chi connectivity index (χ0v) is 22.3. The fourth-order valence-corrected chi connectivity index (χ4v) is 5.30. The average Bonchev–Trinajstić information content (AvgIpc) is 3.08. The number of pyridine rings is 1. The van der Waals surface area contributed by atoms with Gasteiger partial charge in [0.25, 0.3) is 0 Å². The van der Waals surface area contributed by atoms with Gasteiger partial charge in [0.15, 0.2) is 8.32 Å². The molecule has 0 spiro atoms. The van der Waals surface area contributed by atoms with Gasteiger partial charge in [-0.2, -0.15) is 5.10 Å². The minimum atomic E-state index is -1.95. The molecule has 1 aromatic carbocycles. The molecular weight excluding hydrogens is 452 g/mol. The van der Waals surface area contributed by atoms with E-state index in [1.54, 1.807) is 6.20 Å². The van der Waals surface area contributed by atoms with Gasteiger partial charge in [0.1, 0.15) is 12.0 Å². The molecule has 3 aromatic rings. The highest BCUT2D eigenvalue weighted by atomic mass is 35.5. The van der Waals surface area contributed by atoms with Crippen LogP contribution in [0, 0.1) is 6.92 Å². The maximum Gasteiger partial charge on any atom is 0.192 e. The van der Waals surface area contributed by atoms with Gasteiger partial charge in [-0.15, -0.1) is 0 Å². The Morgan fingerprint density at radius 1 is 1.24 bits per heavy atom. The molecular formula is C25H35ClN4O2Si. The summed E-state index contributed by atoms with van der Waals surface area (Å²) in [5.41, 5.74) is 10.0.